The maximum atomic E-state index is 13.4. The van der Waals surface area contributed by atoms with E-state index in [1.54, 1.807) is 6.07 Å². The second-order valence-electron chi connectivity index (χ2n) is 5.53. The predicted molar refractivity (Wildman–Crippen MR) is 79.0 cm³/mol. The molecule has 0 saturated heterocycles. The van der Waals surface area contributed by atoms with Crippen molar-refractivity contribution in [2.45, 2.75) is 32.1 Å². The van der Waals surface area contributed by atoms with E-state index in [-0.39, 0.29) is 17.9 Å². The highest BCUT2D eigenvalue weighted by atomic mass is 79.9. The molecule has 1 aliphatic rings. The molecule has 0 atom stereocenters. The Balaban J connectivity index is 1.98. The van der Waals surface area contributed by atoms with Crippen LogP contribution in [0, 0.1) is 11.2 Å². The second-order valence-corrected chi connectivity index (χ2v) is 6.38. The van der Waals surface area contributed by atoms with Crippen molar-refractivity contribution in [1.29, 1.82) is 0 Å². The number of nitrogens with one attached hydrogen (secondary N) is 1. The zero-order chi connectivity index (χ0) is 14.6. The maximum absolute atomic E-state index is 13.4. The van der Waals surface area contributed by atoms with Gasteiger partial charge in [-0.25, -0.2) is 4.39 Å². The molecule has 1 fully saturated rings. The Morgan fingerprint density at radius 2 is 2.05 bits per heavy atom. The monoisotopic (exact) mass is 343 g/mol. The fourth-order valence-electron chi connectivity index (χ4n) is 2.70. The van der Waals surface area contributed by atoms with Gasteiger partial charge in [-0.15, -0.1) is 0 Å². The number of halogens is 2. The Hall–Kier alpha value is -0.940. The van der Waals surface area contributed by atoms with Crippen LogP contribution < -0.4 is 5.32 Å². The third kappa shape index (κ3) is 3.58. The lowest BCUT2D eigenvalue weighted by molar-refractivity contribution is 0.0718. The number of aliphatic hydroxyl groups excluding tert-OH is 1. The molecule has 0 radical (unpaired) electrons. The van der Waals surface area contributed by atoms with Crippen LogP contribution in [0.2, 0.25) is 0 Å². The van der Waals surface area contributed by atoms with E-state index in [0.717, 1.165) is 25.7 Å². The van der Waals surface area contributed by atoms with E-state index in [9.17, 15) is 14.3 Å². The van der Waals surface area contributed by atoms with Crippen molar-refractivity contribution in [2.24, 2.45) is 5.41 Å². The molecule has 2 N–H and O–H groups in total. The highest BCUT2D eigenvalue weighted by molar-refractivity contribution is 9.10. The first-order chi connectivity index (χ1) is 9.56. The largest absolute Gasteiger partial charge is 0.396 e. The zero-order valence-electron chi connectivity index (χ0n) is 11.3. The minimum atomic E-state index is -0.452. The highest BCUT2D eigenvalue weighted by Gasteiger charge is 2.31. The van der Waals surface area contributed by atoms with E-state index in [1.807, 2.05) is 0 Å². The molecule has 1 aliphatic carbocycles. The highest BCUT2D eigenvalue weighted by Crippen LogP contribution is 2.35. The van der Waals surface area contributed by atoms with E-state index in [4.69, 9.17) is 0 Å². The lowest BCUT2D eigenvalue weighted by Gasteiger charge is -2.35. The molecule has 0 spiro atoms. The molecule has 110 valence electrons. The molecule has 1 saturated carbocycles. The standard InChI is InChI=1S/C15H19BrFNO2/c16-12-5-4-11(8-13(12)17)14(20)18-9-15(10-19)6-2-1-3-7-15/h4-5,8,19H,1-3,6-7,9-10H2,(H,18,20). The third-order valence-corrected chi connectivity index (χ3v) is 4.70. The van der Waals surface area contributed by atoms with E-state index in [2.05, 4.69) is 21.2 Å². The van der Waals surface area contributed by atoms with Gasteiger partial charge in [-0.1, -0.05) is 19.3 Å². The molecule has 3 nitrogen and oxygen atoms in total. The Bertz CT molecular complexity index is 487. The predicted octanol–water partition coefficient (Wildman–Crippen LogP) is 3.26. The molecule has 1 aromatic rings. The van der Waals surface area contributed by atoms with Gasteiger partial charge in [-0.05, 0) is 47.0 Å². The van der Waals surface area contributed by atoms with E-state index >= 15 is 0 Å². The summed E-state index contributed by atoms with van der Waals surface area (Å²) in [5.41, 5.74) is 0.0940. The first-order valence-corrected chi connectivity index (χ1v) is 7.70. The van der Waals surface area contributed by atoms with Gasteiger partial charge in [0.2, 0.25) is 0 Å². The molecule has 0 aromatic heterocycles. The van der Waals surface area contributed by atoms with E-state index < -0.39 is 5.82 Å². The van der Waals surface area contributed by atoms with Gasteiger partial charge in [0.1, 0.15) is 5.82 Å². The molecular formula is C15H19BrFNO2. The van der Waals surface area contributed by atoms with Crippen LogP contribution in [0.25, 0.3) is 0 Å². The average molecular weight is 344 g/mol. The number of carbonyl (C=O) groups is 1. The molecule has 2 rings (SSSR count). The molecule has 0 unspecified atom stereocenters. The number of rotatable bonds is 4. The molecule has 0 aliphatic heterocycles. The zero-order valence-corrected chi connectivity index (χ0v) is 12.9. The van der Waals surface area contributed by atoms with Crippen molar-refractivity contribution in [3.05, 3.63) is 34.1 Å². The van der Waals surface area contributed by atoms with Crippen LogP contribution in [0.5, 0.6) is 0 Å². The Kier molecular flexibility index (Phi) is 5.16. The summed E-state index contributed by atoms with van der Waals surface area (Å²) >= 11 is 3.06. The SMILES string of the molecule is O=C(NCC1(CO)CCCCC1)c1ccc(Br)c(F)c1. The fourth-order valence-corrected chi connectivity index (χ4v) is 2.95. The quantitative estimate of drug-likeness (QED) is 0.881. The van der Waals surface area contributed by atoms with Crippen LogP contribution in [0.1, 0.15) is 42.5 Å². The summed E-state index contributed by atoms with van der Waals surface area (Å²) in [7, 11) is 0. The summed E-state index contributed by atoms with van der Waals surface area (Å²) in [4.78, 5) is 12.0. The molecule has 1 aromatic carbocycles. The summed E-state index contributed by atoms with van der Waals surface area (Å²) in [6.45, 7) is 0.530. The Morgan fingerprint density at radius 1 is 1.35 bits per heavy atom. The number of aliphatic hydroxyl groups is 1. The molecule has 0 heterocycles. The van der Waals surface area contributed by atoms with Crippen LogP contribution >= 0.6 is 15.9 Å². The smallest absolute Gasteiger partial charge is 0.251 e. The van der Waals surface area contributed by atoms with Gasteiger partial charge in [0, 0.05) is 17.5 Å². The molecule has 5 heteroatoms. The Morgan fingerprint density at radius 3 is 2.65 bits per heavy atom. The summed E-state index contributed by atoms with van der Waals surface area (Å²) < 4.78 is 13.8. The third-order valence-electron chi connectivity index (χ3n) is 4.06. The summed E-state index contributed by atoms with van der Waals surface area (Å²) in [6.07, 6.45) is 5.22. The van der Waals surface area contributed by atoms with Crippen molar-refractivity contribution in [2.75, 3.05) is 13.2 Å². The summed E-state index contributed by atoms with van der Waals surface area (Å²) in [5, 5.41) is 12.4. The van der Waals surface area contributed by atoms with Gasteiger partial charge in [0.15, 0.2) is 0 Å². The van der Waals surface area contributed by atoms with E-state index in [1.165, 1.54) is 18.6 Å². The summed E-state index contributed by atoms with van der Waals surface area (Å²) in [5.74, 6) is -0.748. The van der Waals surface area contributed by atoms with Crippen LogP contribution in [0.4, 0.5) is 4.39 Å². The van der Waals surface area contributed by atoms with Gasteiger partial charge < -0.3 is 10.4 Å². The summed E-state index contributed by atoms with van der Waals surface area (Å²) in [6, 6.07) is 4.31. The van der Waals surface area contributed by atoms with Crippen molar-refractivity contribution >= 4 is 21.8 Å². The van der Waals surface area contributed by atoms with Crippen molar-refractivity contribution < 1.29 is 14.3 Å². The van der Waals surface area contributed by atoms with Crippen molar-refractivity contribution in [3.8, 4) is 0 Å². The van der Waals surface area contributed by atoms with Gasteiger partial charge in [0.05, 0.1) is 11.1 Å². The van der Waals surface area contributed by atoms with Gasteiger partial charge in [-0.2, -0.15) is 0 Å². The Labute approximate surface area is 126 Å². The fraction of sp³-hybridized carbons (Fsp3) is 0.533. The molecule has 1 amide bonds. The van der Waals surface area contributed by atoms with E-state index in [0.29, 0.717) is 16.6 Å². The number of amides is 1. The van der Waals surface area contributed by atoms with Gasteiger partial charge >= 0.3 is 0 Å². The number of carbonyl (C=O) groups excluding carboxylic acids is 1. The lowest BCUT2D eigenvalue weighted by Crippen LogP contribution is -2.41. The molecule has 20 heavy (non-hydrogen) atoms. The second kappa shape index (κ2) is 6.68. The first kappa shape index (κ1) is 15.4. The van der Waals surface area contributed by atoms with Crippen LogP contribution in [-0.4, -0.2) is 24.2 Å². The topological polar surface area (TPSA) is 49.3 Å². The van der Waals surface area contributed by atoms with Crippen LogP contribution in [0.3, 0.4) is 0 Å². The minimum Gasteiger partial charge on any atom is -0.396 e. The normalized spacial score (nSPS) is 17.8. The van der Waals surface area contributed by atoms with Crippen molar-refractivity contribution in [1.82, 2.24) is 5.32 Å². The number of benzene rings is 1. The van der Waals surface area contributed by atoms with Crippen LogP contribution in [0.15, 0.2) is 22.7 Å². The first-order valence-electron chi connectivity index (χ1n) is 6.90. The van der Waals surface area contributed by atoms with Gasteiger partial charge in [0.25, 0.3) is 5.91 Å². The number of hydrogen-bond donors (Lipinski definition) is 2. The average Bonchev–Trinajstić information content (AvgIpc) is 2.48. The van der Waals surface area contributed by atoms with Crippen molar-refractivity contribution in [3.63, 3.8) is 0 Å². The van der Waals surface area contributed by atoms with Gasteiger partial charge in [-0.3, -0.25) is 4.79 Å². The molecular weight excluding hydrogens is 325 g/mol. The molecule has 0 bridgehead atoms. The minimum absolute atomic E-state index is 0.0853. The maximum Gasteiger partial charge on any atom is 0.251 e. The van der Waals surface area contributed by atoms with Crippen LogP contribution in [-0.2, 0) is 0 Å². The lowest BCUT2D eigenvalue weighted by atomic mass is 9.74. The number of hydrogen-bond acceptors (Lipinski definition) is 2.